The van der Waals surface area contributed by atoms with E-state index in [1.807, 2.05) is 23.7 Å². The van der Waals surface area contributed by atoms with Crippen molar-refractivity contribution < 1.29 is 9.69 Å². The highest BCUT2D eigenvalue weighted by Gasteiger charge is 2.22. The molecule has 0 saturated heterocycles. The van der Waals surface area contributed by atoms with Gasteiger partial charge in [-0.05, 0) is 38.3 Å². The lowest BCUT2D eigenvalue weighted by Crippen LogP contribution is -3.06. The zero-order chi connectivity index (χ0) is 18.6. The monoisotopic (exact) mass is 343 g/mol. The molecule has 0 unspecified atom stereocenters. The molecule has 0 saturated carbocycles. The molecule has 2 rings (SSSR count). The lowest BCUT2D eigenvalue weighted by molar-refractivity contribution is -0.856. The predicted octanol–water partition coefficient (Wildman–Crippen LogP) is 1.56. The van der Waals surface area contributed by atoms with Gasteiger partial charge >= 0.3 is 0 Å². The van der Waals surface area contributed by atoms with E-state index in [1.165, 1.54) is 10.5 Å². The summed E-state index contributed by atoms with van der Waals surface area (Å²) >= 11 is 0. The van der Waals surface area contributed by atoms with Crippen LogP contribution in [-0.4, -0.2) is 42.9 Å². The van der Waals surface area contributed by atoms with Crippen molar-refractivity contribution in [2.45, 2.75) is 34.1 Å². The summed E-state index contributed by atoms with van der Waals surface area (Å²) in [6.07, 6.45) is 0.793. The smallest absolute Gasteiger partial charge is 0.255 e. The first-order valence-corrected chi connectivity index (χ1v) is 9.02. The Balaban J connectivity index is 2.35. The lowest BCUT2D eigenvalue weighted by Gasteiger charge is -2.10. The first-order chi connectivity index (χ1) is 11.8. The van der Waals surface area contributed by atoms with Crippen molar-refractivity contribution in [2.24, 2.45) is 5.92 Å². The molecule has 0 fully saturated rings. The van der Waals surface area contributed by atoms with Crippen molar-refractivity contribution in [3.05, 3.63) is 46.8 Å². The average molecular weight is 343 g/mol. The molecule has 0 aliphatic rings. The number of hydrogen-bond acceptors (Lipinski definition) is 2. The van der Waals surface area contributed by atoms with Gasteiger partial charge in [-0.15, -0.1) is 0 Å². The third-order valence-electron chi connectivity index (χ3n) is 4.21. The molecule has 0 aliphatic carbocycles. The van der Waals surface area contributed by atoms with Crippen LogP contribution in [0.25, 0.3) is 5.69 Å². The molecule has 0 aliphatic heterocycles. The van der Waals surface area contributed by atoms with Gasteiger partial charge in [0.25, 0.3) is 5.91 Å². The van der Waals surface area contributed by atoms with Gasteiger partial charge in [0, 0.05) is 0 Å². The highest BCUT2D eigenvalue weighted by Crippen LogP contribution is 2.21. The van der Waals surface area contributed by atoms with E-state index in [4.69, 9.17) is 5.10 Å². The first-order valence-electron chi connectivity index (χ1n) is 9.02. The Hall–Kier alpha value is -2.14. The molecule has 1 heterocycles. The van der Waals surface area contributed by atoms with Crippen molar-refractivity contribution in [3.8, 4) is 5.69 Å². The molecule has 1 aromatic heterocycles. The summed E-state index contributed by atoms with van der Waals surface area (Å²) in [5.74, 6) is 0.422. The molecule has 2 N–H and O–H groups in total. The van der Waals surface area contributed by atoms with Crippen LogP contribution in [0, 0.1) is 19.8 Å². The van der Waals surface area contributed by atoms with E-state index in [1.54, 1.807) is 0 Å². The van der Waals surface area contributed by atoms with Crippen LogP contribution in [-0.2, 0) is 6.42 Å². The van der Waals surface area contributed by atoms with Gasteiger partial charge in [0.15, 0.2) is 0 Å². The molecule has 136 valence electrons. The Labute approximate surface area is 151 Å². The molecule has 5 nitrogen and oxygen atoms in total. The number of aryl methyl sites for hydroxylation is 1. The molecular weight excluding hydrogens is 312 g/mol. The second kappa shape index (κ2) is 8.30. The fraction of sp³-hybridized carbons (Fsp3) is 0.500. The van der Waals surface area contributed by atoms with Crippen LogP contribution in [0.3, 0.4) is 0 Å². The maximum absolute atomic E-state index is 12.8. The minimum atomic E-state index is -0.0206. The second-order valence-electron chi connectivity index (χ2n) is 7.47. The number of nitrogens with one attached hydrogen (secondary N) is 2. The largest absolute Gasteiger partial charge is 0.346 e. The molecule has 5 heteroatoms. The summed E-state index contributed by atoms with van der Waals surface area (Å²) in [6, 6.07) is 8.23. The van der Waals surface area contributed by atoms with Gasteiger partial charge in [0.2, 0.25) is 0 Å². The van der Waals surface area contributed by atoms with E-state index in [-0.39, 0.29) is 5.91 Å². The van der Waals surface area contributed by atoms with E-state index in [2.05, 4.69) is 52.3 Å². The third-order valence-corrected chi connectivity index (χ3v) is 4.21. The molecule has 25 heavy (non-hydrogen) atoms. The van der Waals surface area contributed by atoms with E-state index in [0.717, 1.165) is 35.6 Å². The Morgan fingerprint density at radius 1 is 1.20 bits per heavy atom. The zero-order valence-electron chi connectivity index (χ0n) is 16.3. The zero-order valence-corrected chi connectivity index (χ0v) is 16.3. The molecular formula is C20H31N4O+. The van der Waals surface area contributed by atoms with Crippen molar-refractivity contribution >= 4 is 5.91 Å². The van der Waals surface area contributed by atoms with Gasteiger partial charge < -0.3 is 10.2 Å². The number of nitrogens with zero attached hydrogens (tertiary/aromatic N) is 2. The van der Waals surface area contributed by atoms with Gasteiger partial charge in [-0.1, -0.05) is 31.5 Å². The normalized spacial score (nSPS) is 11.4. The van der Waals surface area contributed by atoms with Crippen molar-refractivity contribution in [1.82, 2.24) is 15.1 Å². The number of carbonyl (C=O) groups is 1. The number of rotatable bonds is 7. The van der Waals surface area contributed by atoms with Crippen LogP contribution in [0.5, 0.6) is 0 Å². The molecule has 0 atom stereocenters. The molecule has 1 aromatic carbocycles. The fourth-order valence-corrected chi connectivity index (χ4v) is 2.84. The van der Waals surface area contributed by atoms with E-state index >= 15 is 0 Å². The van der Waals surface area contributed by atoms with Crippen LogP contribution in [0.2, 0.25) is 0 Å². The number of likely N-dealkylation sites (N-methyl/N-ethyl adjacent to an activating group) is 1. The Kier molecular flexibility index (Phi) is 6.37. The highest BCUT2D eigenvalue weighted by molar-refractivity contribution is 5.96. The Morgan fingerprint density at radius 2 is 1.84 bits per heavy atom. The summed E-state index contributed by atoms with van der Waals surface area (Å²) < 4.78 is 1.89. The fourth-order valence-electron chi connectivity index (χ4n) is 2.84. The van der Waals surface area contributed by atoms with Gasteiger partial charge in [-0.25, -0.2) is 4.68 Å². The van der Waals surface area contributed by atoms with E-state index in [9.17, 15) is 4.79 Å². The SMILES string of the molecule is Cc1ccc(-n2nc(CC(C)C)c(C(=O)NCC[NH+](C)C)c2C)cc1. The Bertz CT molecular complexity index is 714. The van der Waals surface area contributed by atoms with E-state index < -0.39 is 0 Å². The van der Waals surface area contributed by atoms with Crippen LogP contribution in [0.15, 0.2) is 24.3 Å². The van der Waals surface area contributed by atoms with Crippen molar-refractivity contribution in [2.75, 3.05) is 27.2 Å². The highest BCUT2D eigenvalue weighted by atomic mass is 16.1. The molecule has 1 amide bonds. The standard InChI is InChI=1S/C20H30N4O/c1-14(2)13-18-19(20(25)21-11-12-23(5)6)16(4)24(22-18)17-9-7-15(3)8-10-17/h7-10,14H,11-13H2,1-6H3,(H,21,25)/p+1. The Morgan fingerprint density at radius 3 is 2.40 bits per heavy atom. The third kappa shape index (κ3) is 4.92. The van der Waals surface area contributed by atoms with Crippen molar-refractivity contribution in [1.29, 1.82) is 0 Å². The number of amides is 1. The second-order valence-corrected chi connectivity index (χ2v) is 7.47. The summed E-state index contributed by atoms with van der Waals surface area (Å²) in [7, 11) is 4.16. The van der Waals surface area contributed by atoms with Crippen LogP contribution in [0.1, 0.15) is 41.2 Å². The summed E-state index contributed by atoms with van der Waals surface area (Å²) in [5, 5.41) is 7.81. The lowest BCUT2D eigenvalue weighted by atomic mass is 10.0. The first kappa shape index (κ1) is 19.2. The van der Waals surface area contributed by atoms with Gasteiger partial charge in [0.05, 0.1) is 49.8 Å². The molecule has 0 radical (unpaired) electrons. The minimum Gasteiger partial charge on any atom is -0.346 e. The van der Waals surface area contributed by atoms with Gasteiger partial charge in [-0.2, -0.15) is 5.10 Å². The number of carbonyl (C=O) groups excluding carboxylic acids is 1. The van der Waals surface area contributed by atoms with Crippen LogP contribution in [0.4, 0.5) is 0 Å². The summed E-state index contributed by atoms with van der Waals surface area (Å²) in [5.41, 5.74) is 4.70. The predicted molar refractivity (Wildman–Crippen MR) is 102 cm³/mol. The van der Waals surface area contributed by atoms with Crippen LogP contribution < -0.4 is 10.2 Å². The maximum Gasteiger partial charge on any atom is 0.255 e. The molecule has 0 spiro atoms. The topological polar surface area (TPSA) is 51.4 Å². The maximum atomic E-state index is 12.8. The number of hydrogen-bond donors (Lipinski definition) is 2. The van der Waals surface area contributed by atoms with Crippen LogP contribution >= 0.6 is 0 Å². The number of benzene rings is 1. The summed E-state index contributed by atoms with van der Waals surface area (Å²) in [4.78, 5) is 14.1. The molecule has 2 aromatic rings. The summed E-state index contributed by atoms with van der Waals surface area (Å²) in [6.45, 7) is 9.90. The number of quaternary nitrogens is 1. The van der Waals surface area contributed by atoms with Gasteiger partial charge in [0.1, 0.15) is 0 Å². The minimum absolute atomic E-state index is 0.0206. The quantitative estimate of drug-likeness (QED) is 0.802. The number of aromatic nitrogens is 2. The van der Waals surface area contributed by atoms with Crippen molar-refractivity contribution in [3.63, 3.8) is 0 Å². The average Bonchev–Trinajstić information content (AvgIpc) is 2.83. The van der Waals surface area contributed by atoms with Gasteiger partial charge in [-0.3, -0.25) is 4.79 Å². The van der Waals surface area contributed by atoms with E-state index in [0.29, 0.717) is 12.5 Å². The molecule has 0 bridgehead atoms.